The molecule has 0 radical (unpaired) electrons. The smallest absolute Gasteiger partial charge is 0.140 e. The molecule has 0 spiro atoms. The van der Waals surface area contributed by atoms with E-state index in [0.717, 1.165) is 18.3 Å². The molecule has 1 heteroatoms. The molecule has 0 aromatic heterocycles. The summed E-state index contributed by atoms with van der Waals surface area (Å²) in [4.78, 5) is 11.3. The van der Waals surface area contributed by atoms with Crippen molar-refractivity contribution in [1.82, 2.24) is 0 Å². The number of Topliss-reactive ketones (excluding diaryl/α,β-unsaturated/α-hetero) is 1. The van der Waals surface area contributed by atoms with E-state index in [-0.39, 0.29) is 0 Å². The Bertz CT molecular complexity index is 284. The van der Waals surface area contributed by atoms with Crippen LogP contribution in [0.5, 0.6) is 0 Å². The molecule has 3 aliphatic carbocycles. The average Bonchev–Trinajstić information content (AvgIpc) is 2.74. The van der Waals surface area contributed by atoms with Gasteiger partial charge in [0.15, 0.2) is 0 Å². The molecule has 0 aliphatic heterocycles. The molecule has 0 amide bonds. The molecule has 1 nitrogen and oxygen atoms in total. The van der Waals surface area contributed by atoms with E-state index in [4.69, 9.17) is 0 Å². The summed E-state index contributed by atoms with van der Waals surface area (Å²) < 4.78 is 0. The van der Waals surface area contributed by atoms with Crippen molar-refractivity contribution < 1.29 is 4.79 Å². The van der Waals surface area contributed by atoms with E-state index < -0.39 is 0 Å². The molecule has 0 N–H and O–H groups in total. The number of allylic oxidation sites excluding steroid dienone is 2. The van der Waals surface area contributed by atoms with Crippen LogP contribution in [0.3, 0.4) is 0 Å². The number of hydrogen-bond donors (Lipinski definition) is 0. The van der Waals surface area contributed by atoms with Gasteiger partial charge in [0.25, 0.3) is 0 Å². The Hall–Kier alpha value is -0.590. The van der Waals surface area contributed by atoms with E-state index in [1.165, 1.54) is 38.5 Å². The Kier molecular flexibility index (Phi) is 2.00. The summed E-state index contributed by atoms with van der Waals surface area (Å²) in [5.41, 5.74) is 1.61. The molecule has 2 atom stereocenters. The van der Waals surface area contributed by atoms with Crippen LogP contribution in [0.2, 0.25) is 0 Å². The Balaban J connectivity index is 1.61. The molecule has 0 aromatic carbocycles. The lowest BCUT2D eigenvalue weighted by Crippen LogP contribution is -2.32. The zero-order valence-corrected chi connectivity index (χ0v) is 8.67. The van der Waals surface area contributed by atoms with Gasteiger partial charge in [-0.1, -0.05) is 37.3 Å². The number of hydrogen-bond acceptors (Lipinski definition) is 1. The summed E-state index contributed by atoms with van der Waals surface area (Å²) >= 11 is 0. The van der Waals surface area contributed by atoms with Gasteiger partial charge in [-0.3, -0.25) is 4.79 Å². The monoisotopic (exact) mass is 190 g/mol. The van der Waals surface area contributed by atoms with Crippen LogP contribution in [0, 0.1) is 17.8 Å². The number of rotatable bonds is 2. The first kappa shape index (κ1) is 8.70. The first-order valence-electron chi connectivity index (χ1n) is 6.05. The third kappa shape index (κ3) is 1.34. The van der Waals surface area contributed by atoms with Crippen molar-refractivity contribution in [2.75, 3.05) is 0 Å². The normalized spacial score (nSPS) is 36.9. The zero-order chi connectivity index (χ0) is 9.54. The van der Waals surface area contributed by atoms with Gasteiger partial charge in [-0.05, 0) is 24.7 Å². The van der Waals surface area contributed by atoms with Gasteiger partial charge in [0.2, 0.25) is 0 Å². The van der Waals surface area contributed by atoms with Crippen LogP contribution >= 0.6 is 0 Å². The first-order valence-corrected chi connectivity index (χ1v) is 6.05. The Labute approximate surface area is 85.6 Å². The van der Waals surface area contributed by atoms with Gasteiger partial charge in [-0.15, -0.1) is 0 Å². The molecule has 0 heterocycles. The number of carbonyl (C=O) groups excluding carboxylic acids is 1. The lowest BCUT2D eigenvalue weighted by atomic mass is 9.75. The van der Waals surface area contributed by atoms with E-state index in [9.17, 15) is 4.79 Å². The van der Waals surface area contributed by atoms with Crippen molar-refractivity contribution in [3.8, 4) is 0 Å². The van der Waals surface area contributed by atoms with Gasteiger partial charge >= 0.3 is 0 Å². The quantitative estimate of drug-likeness (QED) is 0.611. The van der Waals surface area contributed by atoms with Crippen molar-refractivity contribution in [3.05, 3.63) is 11.6 Å². The van der Waals surface area contributed by atoms with Crippen molar-refractivity contribution in [2.24, 2.45) is 17.8 Å². The lowest BCUT2D eigenvalue weighted by molar-refractivity contribution is -0.130. The average molecular weight is 190 g/mol. The van der Waals surface area contributed by atoms with Gasteiger partial charge in [0, 0.05) is 12.3 Å². The minimum atomic E-state index is 0.353. The highest BCUT2D eigenvalue weighted by Crippen LogP contribution is 2.45. The highest BCUT2D eigenvalue weighted by atomic mass is 16.1. The van der Waals surface area contributed by atoms with E-state index in [1.807, 2.05) is 0 Å². The maximum atomic E-state index is 11.3. The van der Waals surface area contributed by atoms with Gasteiger partial charge in [0.05, 0.1) is 0 Å². The van der Waals surface area contributed by atoms with Gasteiger partial charge in [-0.2, -0.15) is 0 Å². The van der Waals surface area contributed by atoms with Crippen LogP contribution in [0.25, 0.3) is 0 Å². The van der Waals surface area contributed by atoms with Crippen LogP contribution in [0.4, 0.5) is 0 Å². The molecular weight excluding hydrogens is 172 g/mol. The molecule has 14 heavy (non-hydrogen) atoms. The van der Waals surface area contributed by atoms with Crippen LogP contribution in [0.15, 0.2) is 11.6 Å². The molecule has 3 rings (SSSR count). The SMILES string of the molecule is O=C1C[C@H]2CC(CC3CCCC3)=C[C@@H]12. The summed E-state index contributed by atoms with van der Waals surface area (Å²) in [6.45, 7) is 0. The third-order valence-electron chi connectivity index (χ3n) is 4.31. The van der Waals surface area contributed by atoms with E-state index in [1.54, 1.807) is 5.57 Å². The van der Waals surface area contributed by atoms with Crippen LogP contribution in [0.1, 0.15) is 44.9 Å². The summed E-state index contributed by atoms with van der Waals surface area (Å²) in [5, 5.41) is 0. The van der Waals surface area contributed by atoms with Crippen LogP contribution in [-0.4, -0.2) is 5.78 Å². The molecule has 0 aromatic rings. The predicted molar refractivity (Wildman–Crippen MR) is 55.9 cm³/mol. The number of ketones is 1. The lowest BCUT2D eigenvalue weighted by Gasteiger charge is -2.27. The van der Waals surface area contributed by atoms with Crippen LogP contribution < -0.4 is 0 Å². The van der Waals surface area contributed by atoms with E-state index in [0.29, 0.717) is 11.7 Å². The second kappa shape index (κ2) is 3.22. The number of fused-ring (bicyclic) bond motifs is 1. The topological polar surface area (TPSA) is 17.1 Å². The van der Waals surface area contributed by atoms with Gasteiger partial charge in [-0.25, -0.2) is 0 Å². The van der Waals surface area contributed by atoms with Crippen LogP contribution in [-0.2, 0) is 4.79 Å². The summed E-state index contributed by atoms with van der Waals surface area (Å²) in [7, 11) is 0. The molecule has 3 aliphatic rings. The fourth-order valence-electron chi connectivity index (χ4n) is 3.45. The minimum absolute atomic E-state index is 0.353. The third-order valence-corrected chi connectivity index (χ3v) is 4.31. The fraction of sp³-hybridized carbons (Fsp3) is 0.769. The second-order valence-corrected chi connectivity index (χ2v) is 5.34. The van der Waals surface area contributed by atoms with Gasteiger partial charge in [0.1, 0.15) is 5.78 Å². The Morgan fingerprint density at radius 1 is 1.21 bits per heavy atom. The van der Waals surface area contributed by atoms with Crippen molar-refractivity contribution in [1.29, 1.82) is 0 Å². The minimum Gasteiger partial charge on any atom is -0.299 e. The summed E-state index contributed by atoms with van der Waals surface area (Å²) in [5.74, 6) is 2.52. The van der Waals surface area contributed by atoms with Crippen molar-refractivity contribution in [3.63, 3.8) is 0 Å². The summed E-state index contributed by atoms with van der Waals surface area (Å²) in [6, 6.07) is 0. The van der Waals surface area contributed by atoms with Crippen molar-refractivity contribution in [2.45, 2.75) is 44.9 Å². The van der Waals surface area contributed by atoms with E-state index in [2.05, 4.69) is 6.08 Å². The molecule has 76 valence electrons. The Morgan fingerprint density at radius 2 is 2.00 bits per heavy atom. The molecular formula is C13H18O. The van der Waals surface area contributed by atoms with E-state index >= 15 is 0 Å². The standard InChI is InChI=1S/C13H18O/c14-13-8-11-6-10(7-12(11)13)5-9-3-1-2-4-9/h7,9,11-12H,1-6,8H2/t11-,12-/m1/s1. The molecule has 0 bridgehead atoms. The molecule has 2 fully saturated rings. The fourth-order valence-corrected chi connectivity index (χ4v) is 3.45. The maximum absolute atomic E-state index is 11.3. The molecule has 0 saturated heterocycles. The first-order chi connectivity index (χ1) is 6.83. The van der Waals surface area contributed by atoms with Crippen molar-refractivity contribution >= 4 is 5.78 Å². The van der Waals surface area contributed by atoms with Gasteiger partial charge < -0.3 is 0 Å². The Morgan fingerprint density at radius 3 is 2.64 bits per heavy atom. The molecule has 2 saturated carbocycles. The summed E-state index contributed by atoms with van der Waals surface area (Å²) in [6.07, 6.45) is 11.5. The highest BCUT2D eigenvalue weighted by Gasteiger charge is 2.42. The number of carbonyl (C=O) groups is 1. The molecule has 0 unspecified atom stereocenters. The zero-order valence-electron chi connectivity index (χ0n) is 8.67. The predicted octanol–water partition coefficient (Wildman–Crippen LogP) is 3.10. The maximum Gasteiger partial charge on any atom is 0.140 e. The highest BCUT2D eigenvalue weighted by molar-refractivity contribution is 5.90. The largest absolute Gasteiger partial charge is 0.299 e. The second-order valence-electron chi connectivity index (χ2n) is 5.34.